The molecular weight excluding hydrogens is 363 g/mol. The van der Waals surface area contributed by atoms with Gasteiger partial charge >= 0.3 is 61.8 Å². The third-order valence-corrected chi connectivity index (χ3v) is 0. The van der Waals surface area contributed by atoms with Crippen LogP contribution >= 0.6 is 0 Å². The van der Waals surface area contributed by atoms with Crippen molar-refractivity contribution in [2.24, 2.45) is 0 Å². The molecule has 0 radical (unpaired) electrons. The normalized spacial score (nSPS) is 0. The quantitative estimate of drug-likeness (QED) is 0.375. The molecule has 0 bridgehead atoms. The molecule has 0 heterocycles. The van der Waals surface area contributed by atoms with E-state index in [9.17, 15) is 0 Å². The summed E-state index contributed by atoms with van der Waals surface area (Å²) in [4.78, 5) is 0. The predicted octanol–water partition coefficient (Wildman–Crippen LogP) is -21.0. The first-order chi connectivity index (χ1) is 0. The van der Waals surface area contributed by atoms with Gasteiger partial charge in [-0.1, -0.05) is 0 Å². The molecule has 0 saturated heterocycles. The Bertz CT molecular complexity index is 8.88. The Hall–Kier alpha value is 1.59. The minimum atomic E-state index is 0. The molecule has 0 saturated carbocycles. The second kappa shape index (κ2) is 280. The molecule has 0 aromatic rings. The van der Waals surface area contributed by atoms with Crippen molar-refractivity contribution in [2.75, 3.05) is 0 Å². The molecule has 0 aliphatic rings. The number of hydrogen-bond donors (Lipinski definition) is 0. The Morgan fingerprint density at radius 2 is 0.333 bits per heavy atom. The molecule has 9 heavy (non-hydrogen) atoms. The van der Waals surface area contributed by atoms with Crippen molar-refractivity contribution >= 4 is 0 Å². The van der Waals surface area contributed by atoms with Crippen LogP contribution < -0.4 is 32.9 Å². The van der Waals surface area contributed by atoms with E-state index in [1.54, 1.807) is 0 Å². The summed E-state index contributed by atoms with van der Waals surface area (Å²) in [5.41, 5.74) is 0. The van der Waals surface area contributed by atoms with E-state index in [-0.39, 0.29) is 94.7 Å². The third kappa shape index (κ3) is 219. The van der Waals surface area contributed by atoms with Gasteiger partial charge < -0.3 is 32.9 Å². The topological polar surface area (TPSA) is 0 Å². The summed E-state index contributed by atoms with van der Waals surface area (Å²) in [6.07, 6.45) is 0. The van der Waals surface area contributed by atoms with Crippen molar-refractivity contribution < 1.29 is 94.7 Å². The average Bonchev–Trinajstić information content (AvgIpc) is 0. The molecule has 0 aliphatic carbocycles. The van der Waals surface area contributed by atoms with Gasteiger partial charge in [-0.3, -0.25) is 0 Å². The summed E-state index contributed by atoms with van der Waals surface area (Å²) < 4.78 is 0. The largest absolute Gasteiger partial charge is 4.00 e. The maximum Gasteiger partial charge on any atom is 4.00 e. The maximum atomic E-state index is 0. The third-order valence-electron chi connectivity index (χ3n) is 0. The molecule has 0 fully saturated rings. The van der Waals surface area contributed by atoms with Crippen LogP contribution in [0.2, 0.25) is 0 Å². The zero-order valence-corrected chi connectivity index (χ0v) is 9.81. The van der Waals surface area contributed by atoms with Crippen molar-refractivity contribution in [3.63, 3.8) is 0 Å². The molecule has 0 spiro atoms. The number of hydrogen-bond acceptors (Lipinski definition) is 0. The molecule has 0 aromatic heterocycles. The van der Waals surface area contributed by atoms with E-state index in [2.05, 4.69) is 0 Å². The van der Waals surface area contributed by atoms with Crippen LogP contribution in [-0.4, -0.2) is 0 Å². The van der Waals surface area contributed by atoms with Crippen LogP contribution in [0, 0.1) is 35.6 Å². The Labute approximate surface area is 93.8 Å². The number of rotatable bonds is 0. The van der Waals surface area contributed by atoms with Crippen molar-refractivity contribution in [1.82, 2.24) is 0 Å². The molecule has 56 valence electrons. The predicted molar refractivity (Wildman–Crippen MR) is 0 cm³/mol. The average molecular weight is 363 g/mol. The summed E-state index contributed by atoms with van der Waals surface area (Å²) >= 11 is 0. The zero-order chi connectivity index (χ0) is 0. The van der Waals surface area contributed by atoms with Crippen LogP contribution in [0.3, 0.4) is 0 Å². The van der Waals surface area contributed by atoms with Gasteiger partial charge in [0.05, 0.1) is 0 Å². The molecule has 0 N–H and O–H groups in total. The Balaban J connectivity index is 0. The molecule has 0 unspecified atom stereocenters. The molecule has 9 heteroatoms. The molecular formula is F7LaZr. The van der Waals surface area contributed by atoms with E-state index in [0.29, 0.717) is 0 Å². The maximum absolute atomic E-state index is 0. The van der Waals surface area contributed by atoms with Gasteiger partial charge in [-0.15, -0.1) is 0 Å². The van der Waals surface area contributed by atoms with E-state index >= 15 is 0 Å². The number of halogens is 7. The van der Waals surface area contributed by atoms with Gasteiger partial charge in [0.1, 0.15) is 0 Å². The van der Waals surface area contributed by atoms with Gasteiger partial charge in [0, 0.05) is 0 Å². The van der Waals surface area contributed by atoms with E-state index in [0.717, 1.165) is 0 Å². The first-order valence-corrected chi connectivity index (χ1v) is 0. The fraction of sp³-hybridized carbons (Fsp3) is 0. The fourth-order valence-electron chi connectivity index (χ4n) is 0. The molecule has 0 aromatic carbocycles. The Morgan fingerprint density at radius 3 is 0.333 bits per heavy atom. The van der Waals surface area contributed by atoms with Crippen LogP contribution in [0.15, 0.2) is 0 Å². The molecule has 0 amide bonds. The van der Waals surface area contributed by atoms with Gasteiger partial charge in [-0.25, -0.2) is 0 Å². The molecule has 0 atom stereocenters. The SMILES string of the molecule is [F-].[F-].[F-].[F-].[F-].[F-].[F-].[La+3].[Zr+4]. The van der Waals surface area contributed by atoms with Gasteiger partial charge in [-0.2, -0.15) is 0 Å². The smallest absolute Gasteiger partial charge is 1.00 e. The summed E-state index contributed by atoms with van der Waals surface area (Å²) in [7, 11) is 0. The van der Waals surface area contributed by atoms with Gasteiger partial charge in [0.2, 0.25) is 0 Å². The summed E-state index contributed by atoms with van der Waals surface area (Å²) in [6.45, 7) is 0. The second-order valence-corrected chi connectivity index (χ2v) is 0. The molecule has 0 nitrogen and oxygen atoms in total. The fourth-order valence-corrected chi connectivity index (χ4v) is 0. The van der Waals surface area contributed by atoms with E-state index in [1.165, 1.54) is 0 Å². The Kier molecular flexibility index (Phi) is 12000. The molecule has 0 aliphatic heterocycles. The van der Waals surface area contributed by atoms with Crippen molar-refractivity contribution in [3.8, 4) is 0 Å². The van der Waals surface area contributed by atoms with E-state index in [4.69, 9.17) is 0 Å². The standard InChI is InChI=1S/7FH.La.Zr/h7*1H;;/q;;;;;;;+3;+4/p-7. The van der Waals surface area contributed by atoms with E-state index in [1.807, 2.05) is 0 Å². The van der Waals surface area contributed by atoms with Gasteiger partial charge in [0.15, 0.2) is 0 Å². The van der Waals surface area contributed by atoms with Crippen LogP contribution in [0.1, 0.15) is 0 Å². The van der Waals surface area contributed by atoms with Crippen LogP contribution in [-0.2, 0) is 26.2 Å². The van der Waals surface area contributed by atoms with Gasteiger partial charge in [0.25, 0.3) is 0 Å². The van der Waals surface area contributed by atoms with Crippen LogP contribution in [0.5, 0.6) is 0 Å². The van der Waals surface area contributed by atoms with Crippen LogP contribution in [0.25, 0.3) is 0 Å². The van der Waals surface area contributed by atoms with Crippen molar-refractivity contribution in [2.45, 2.75) is 0 Å². The van der Waals surface area contributed by atoms with Crippen molar-refractivity contribution in [3.05, 3.63) is 0 Å². The van der Waals surface area contributed by atoms with Gasteiger partial charge in [-0.05, 0) is 0 Å². The zero-order valence-electron chi connectivity index (χ0n) is 3.72. The first kappa shape index (κ1) is 386. The van der Waals surface area contributed by atoms with E-state index < -0.39 is 0 Å². The van der Waals surface area contributed by atoms with Crippen LogP contribution in [0.4, 0.5) is 0 Å². The summed E-state index contributed by atoms with van der Waals surface area (Å²) in [5, 5.41) is 0. The monoisotopic (exact) mass is 362 g/mol. The minimum Gasteiger partial charge on any atom is -1.00 e. The molecule has 0 rings (SSSR count). The summed E-state index contributed by atoms with van der Waals surface area (Å²) in [5.74, 6) is 0. The Morgan fingerprint density at radius 1 is 0.333 bits per heavy atom. The second-order valence-electron chi connectivity index (χ2n) is 0. The first-order valence-electron chi connectivity index (χ1n) is 0. The minimum absolute atomic E-state index is 0. The summed E-state index contributed by atoms with van der Waals surface area (Å²) in [6, 6.07) is 0. The van der Waals surface area contributed by atoms with Crippen molar-refractivity contribution in [1.29, 1.82) is 0 Å².